The van der Waals surface area contributed by atoms with E-state index < -0.39 is 0 Å². The van der Waals surface area contributed by atoms with Gasteiger partial charge in [0.25, 0.3) is 0 Å². The normalized spacial score (nSPS) is 16.6. The zero-order valence-corrected chi connectivity index (χ0v) is 16.6. The average molecular weight is 397 g/mol. The van der Waals surface area contributed by atoms with Gasteiger partial charge in [-0.05, 0) is 30.7 Å². The first-order valence-corrected chi connectivity index (χ1v) is 10.7. The third-order valence-corrected chi connectivity index (χ3v) is 6.59. The van der Waals surface area contributed by atoms with Crippen LogP contribution in [0.1, 0.15) is 13.3 Å². The minimum absolute atomic E-state index is 0.102. The van der Waals surface area contributed by atoms with Crippen LogP contribution in [0.25, 0.3) is 5.69 Å². The number of aromatic nitrogens is 3. The fourth-order valence-electron chi connectivity index (χ4n) is 3.04. The van der Waals surface area contributed by atoms with Gasteiger partial charge in [0.15, 0.2) is 5.16 Å². The van der Waals surface area contributed by atoms with Crippen LogP contribution in [0.15, 0.2) is 71.0 Å². The van der Waals surface area contributed by atoms with Crippen molar-refractivity contribution in [3.8, 4) is 5.69 Å². The van der Waals surface area contributed by atoms with Gasteiger partial charge in [-0.2, -0.15) is 0 Å². The number of benzene rings is 2. The average Bonchev–Trinajstić information content (AvgIpc) is 3.10. The van der Waals surface area contributed by atoms with Crippen LogP contribution < -0.4 is 4.90 Å². The molecule has 2 aromatic carbocycles. The summed E-state index contributed by atoms with van der Waals surface area (Å²) in [6.07, 6.45) is 2.66. The van der Waals surface area contributed by atoms with Crippen LogP contribution in [0.2, 0.25) is 0 Å². The molecule has 0 saturated carbocycles. The second kappa shape index (κ2) is 8.19. The molecule has 2 heterocycles. The van der Waals surface area contributed by atoms with Crippen molar-refractivity contribution in [1.82, 2.24) is 14.8 Å². The van der Waals surface area contributed by atoms with E-state index >= 15 is 0 Å². The number of amides is 1. The topological polar surface area (TPSA) is 51.0 Å². The van der Waals surface area contributed by atoms with Gasteiger partial charge < -0.3 is 4.90 Å². The Morgan fingerprint density at radius 3 is 2.81 bits per heavy atom. The fourth-order valence-corrected chi connectivity index (χ4v) is 4.96. The highest BCUT2D eigenvalue weighted by molar-refractivity contribution is 8.00. The van der Waals surface area contributed by atoms with Crippen molar-refractivity contribution in [2.24, 2.45) is 0 Å². The van der Waals surface area contributed by atoms with Crippen LogP contribution in [-0.2, 0) is 4.79 Å². The lowest BCUT2D eigenvalue weighted by atomic mass is 10.2. The number of rotatable bonds is 4. The number of fused-ring (bicyclic) bond motifs is 1. The molecular formula is C20H20N4OS2. The van der Waals surface area contributed by atoms with E-state index in [1.807, 2.05) is 69.8 Å². The first-order valence-electron chi connectivity index (χ1n) is 8.86. The molecule has 1 atom stereocenters. The zero-order chi connectivity index (χ0) is 18.6. The molecule has 1 aliphatic heterocycles. The predicted octanol–water partition coefficient (Wildman–Crippen LogP) is 4.28. The van der Waals surface area contributed by atoms with Crippen LogP contribution in [0, 0.1) is 0 Å². The number of carbonyl (C=O) groups excluding carboxylic acids is 1. The van der Waals surface area contributed by atoms with Crippen LogP contribution >= 0.6 is 23.5 Å². The van der Waals surface area contributed by atoms with Crippen LogP contribution in [0.5, 0.6) is 0 Å². The third kappa shape index (κ3) is 4.04. The number of nitrogens with zero attached hydrogens (tertiary/aromatic N) is 4. The Morgan fingerprint density at radius 2 is 1.96 bits per heavy atom. The summed E-state index contributed by atoms with van der Waals surface area (Å²) in [7, 11) is 0. The summed E-state index contributed by atoms with van der Waals surface area (Å²) >= 11 is 3.27. The van der Waals surface area contributed by atoms with Gasteiger partial charge in [-0.25, -0.2) is 0 Å². The van der Waals surface area contributed by atoms with Crippen molar-refractivity contribution >= 4 is 35.1 Å². The van der Waals surface area contributed by atoms with Crippen molar-refractivity contribution in [2.45, 2.75) is 28.6 Å². The lowest BCUT2D eigenvalue weighted by Gasteiger charge is -2.22. The predicted molar refractivity (Wildman–Crippen MR) is 111 cm³/mol. The fraction of sp³-hybridized carbons (Fsp3) is 0.250. The number of anilines is 1. The summed E-state index contributed by atoms with van der Waals surface area (Å²) in [6, 6.07) is 18.1. The summed E-state index contributed by atoms with van der Waals surface area (Å²) < 4.78 is 1.91. The SMILES string of the molecule is C[C@H]1CCN(C(=O)CSc2nncn2-c2ccccc2)c2ccccc2S1. The molecule has 1 amide bonds. The standard InChI is InChI=1S/C20H20N4OS2/c1-15-11-12-23(17-9-5-6-10-18(17)27-15)19(25)13-26-20-22-21-14-24(20)16-7-3-2-4-8-16/h2-10,14-15H,11-13H2,1H3/t15-/m0/s1. The maximum Gasteiger partial charge on any atom is 0.237 e. The smallest absolute Gasteiger partial charge is 0.237 e. The van der Waals surface area contributed by atoms with E-state index in [1.54, 1.807) is 6.33 Å². The van der Waals surface area contributed by atoms with Gasteiger partial charge in [-0.15, -0.1) is 22.0 Å². The molecule has 0 saturated heterocycles. The van der Waals surface area contributed by atoms with E-state index in [-0.39, 0.29) is 5.91 Å². The molecule has 3 aromatic rings. The highest BCUT2D eigenvalue weighted by atomic mass is 32.2. The Hall–Kier alpha value is -2.25. The molecule has 138 valence electrons. The first kappa shape index (κ1) is 18.1. The number of hydrogen-bond donors (Lipinski definition) is 0. The van der Waals surface area contributed by atoms with E-state index in [0.717, 1.165) is 29.5 Å². The Labute approximate surface area is 167 Å². The molecule has 0 spiro atoms. The quantitative estimate of drug-likeness (QED) is 0.616. The van der Waals surface area contributed by atoms with E-state index in [1.165, 1.54) is 16.7 Å². The van der Waals surface area contributed by atoms with Gasteiger partial charge in [0.05, 0.1) is 11.4 Å². The largest absolute Gasteiger partial charge is 0.311 e. The maximum absolute atomic E-state index is 13.0. The Kier molecular flexibility index (Phi) is 5.50. The van der Waals surface area contributed by atoms with Crippen LogP contribution in [-0.4, -0.2) is 38.2 Å². The summed E-state index contributed by atoms with van der Waals surface area (Å²) in [5, 5.41) is 9.42. The minimum Gasteiger partial charge on any atom is -0.311 e. The second-order valence-electron chi connectivity index (χ2n) is 6.34. The molecule has 4 rings (SSSR count). The number of hydrogen-bond acceptors (Lipinski definition) is 5. The van der Waals surface area contributed by atoms with Crippen molar-refractivity contribution in [1.29, 1.82) is 0 Å². The summed E-state index contributed by atoms with van der Waals surface area (Å²) in [6.45, 7) is 2.96. The molecule has 0 aliphatic carbocycles. The molecule has 0 bridgehead atoms. The molecule has 27 heavy (non-hydrogen) atoms. The Balaban J connectivity index is 1.50. The highest BCUT2D eigenvalue weighted by Gasteiger charge is 2.24. The molecule has 7 heteroatoms. The lowest BCUT2D eigenvalue weighted by molar-refractivity contribution is -0.116. The van der Waals surface area contributed by atoms with Gasteiger partial charge in [0, 0.05) is 22.4 Å². The first-order chi connectivity index (χ1) is 13.2. The van der Waals surface area contributed by atoms with Gasteiger partial charge >= 0.3 is 0 Å². The number of para-hydroxylation sites is 2. The minimum atomic E-state index is 0.102. The molecule has 1 aliphatic rings. The van der Waals surface area contributed by atoms with Crippen LogP contribution in [0.4, 0.5) is 5.69 Å². The maximum atomic E-state index is 13.0. The second-order valence-corrected chi connectivity index (χ2v) is 8.76. The highest BCUT2D eigenvalue weighted by Crippen LogP contribution is 2.37. The Morgan fingerprint density at radius 1 is 1.19 bits per heavy atom. The molecule has 0 N–H and O–H groups in total. The molecule has 1 aromatic heterocycles. The number of carbonyl (C=O) groups is 1. The zero-order valence-electron chi connectivity index (χ0n) is 15.0. The molecular weight excluding hydrogens is 376 g/mol. The van der Waals surface area contributed by atoms with Crippen molar-refractivity contribution in [3.05, 3.63) is 60.9 Å². The summed E-state index contributed by atoms with van der Waals surface area (Å²) in [4.78, 5) is 16.1. The summed E-state index contributed by atoms with van der Waals surface area (Å²) in [5.74, 6) is 0.434. The third-order valence-electron chi connectivity index (χ3n) is 4.42. The molecule has 5 nitrogen and oxygen atoms in total. The molecule has 0 radical (unpaired) electrons. The van der Waals surface area contributed by atoms with Crippen molar-refractivity contribution in [2.75, 3.05) is 17.2 Å². The molecule has 0 fully saturated rings. The monoisotopic (exact) mass is 396 g/mol. The van der Waals surface area contributed by atoms with E-state index in [2.05, 4.69) is 23.2 Å². The van der Waals surface area contributed by atoms with Gasteiger partial charge in [0.1, 0.15) is 6.33 Å². The summed E-state index contributed by atoms with van der Waals surface area (Å²) in [5.41, 5.74) is 2.00. The molecule has 0 unspecified atom stereocenters. The van der Waals surface area contributed by atoms with Crippen molar-refractivity contribution in [3.63, 3.8) is 0 Å². The number of thioether (sulfide) groups is 2. The van der Waals surface area contributed by atoms with E-state index in [9.17, 15) is 4.79 Å². The Bertz CT molecular complexity index is 928. The van der Waals surface area contributed by atoms with E-state index in [4.69, 9.17) is 0 Å². The van der Waals surface area contributed by atoms with Gasteiger partial charge in [-0.1, -0.05) is 49.0 Å². The van der Waals surface area contributed by atoms with Gasteiger partial charge in [0.2, 0.25) is 5.91 Å². The van der Waals surface area contributed by atoms with Gasteiger partial charge in [-0.3, -0.25) is 9.36 Å². The lowest BCUT2D eigenvalue weighted by Crippen LogP contribution is -2.33. The van der Waals surface area contributed by atoms with Crippen molar-refractivity contribution < 1.29 is 4.79 Å². The van der Waals surface area contributed by atoms with Crippen LogP contribution in [0.3, 0.4) is 0 Å². The van der Waals surface area contributed by atoms with E-state index in [0.29, 0.717) is 11.0 Å².